The number of carbonyl (C=O) groups excluding carboxylic acids is 1. The standard InChI is InChI=1S/C26H34N4O2.HI/c1-3-27-26(30-15-16-32-24(19-30)23-12-7-4-9-20(23)2)28-17-21-10-5-6-11-22(21)18-29-14-8-13-25(29)31;/h4-7,9-12,24H,3,8,13-19H2,1-2H3,(H,27,28);1H. The number of hydrogen-bond donors (Lipinski definition) is 1. The number of likely N-dealkylation sites (tertiary alicyclic amines) is 1. The van der Waals surface area contributed by atoms with Gasteiger partial charge in [0.2, 0.25) is 5.91 Å². The summed E-state index contributed by atoms with van der Waals surface area (Å²) in [6.07, 6.45) is 1.68. The number of rotatable bonds is 6. The van der Waals surface area contributed by atoms with Crippen LogP contribution in [0, 0.1) is 6.92 Å². The molecule has 178 valence electrons. The lowest BCUT2D eigenvalue weighted by atomic mass is 10.0. The first-order valence-corrected chi connectivity index (χ1v) is 11.7. The minimum atomic E-state index is 0. The van der Waals surface area contributed by atoms with Crippen LogP contribution in [0.3, 0.4) is 0 Å². The van der Waals surface area contributed by atoms with Crippen molar-refractivity contribution < 1.29 is 9.53 Å². The van der Waals surface area contributed by atoms with E-state index in [9.17, 15) is 4.79 Å². The van der Waals surface area contributed by atoms with Crippen molar-refractivity contribution >= 4 is 35.8 Å². The molecule has 2 heterocycles. The number of amides is 1. The van der Waals surface area contributed by atoms with E-state index in [0.29, 0.717) is 26.1 Å². The summed E-state index contributed by atoms with van der Waals surface area (Å²) in [4.78, 5) is 21.3. The van der Waals surface area contributed by atoms with Crippen LogP contribution in [0.2, 0.25) is 0 Å². The first-order chi connectivity index (χ1) is 15.7. The monoisotopic (exact) mass is 562 g/mol. The molecule has 1 unspecified atom stereocenters. The third kappa shape index (κ3) is 6.47. The second-order valence-corrected chi connectivity index (χ2v) is 8.52. The molecule has 2 aromatic rings. The van der Waals surface area contributed by atoms with Gasteiger partial charge in [0.05, 0.1) is 19.7 Å². The predicted molar refractivity (Wildman–Crippen MR) is 143 cm³/mol. The first kappa shape index (κ1) is 25.5. The third-order valence-electron chi connectivity index (χ3n) is 6.29. The molecule has 0 saturated carbocycles. The molecule has 33 heavy (non-hydrogen) atoms. The molecule has 2 aliphatic rings. The number of nitrogens with zero attached hydrogens (tertiary/aromatic N) is 3. The lowest BCUT2D eigenvalue weighted by molar-refractivity contribution is -0.128. The van der Waals surface area contributed by atoms with E-state index < -0.39 is 0 Å². The summed E-state index contributed by atoms with van der Waals surface area (Å²) in [7, 11) is 0. The van der Waals surface area contributed by atoms with E-state index in [1.807, 2.05) is 11.0 Å². The molecule has 0 bridgehead atoms. The second kappa shape index (κ2) is 12.4. The maximum absolute atomic E-state index is 12.1. The van der Waals surface area contributed by atoms with Crippen LogP contribution in [0.25, 0.3) is 0 Å². The molecular weight excluding hydrogens is 527 g/mol. The van der Waals surface area contributed by atoms with E-state index in [1.54, 1.807) is 0 Å². The minimum absolute atomic E-state index is 0. The van der Waals surface area contributed by atoms with Crippen LogP contribution in [-0.2, 0) is 22.6 Å². The summed E-state index contributed by atoms with van der Waals surface area (Å²) in [5.74, 6) is 1.17. The van der Waals surface area contributed by atoms with E-state index in [4.69, 9.17) is 9.73 Å². The topological polar surface area (TPSA) is 57.2 Å². The maximum atomic E-state index is 12.1. The zero-order valence-electron chi connectivity index (χ0n) is 19.6. The van der Waals surface area contributed by atoms with Gasteiger partial charge in [-0.25, -0.2) is 4.99 Å². The Bertz CT molecular complexity index is 965. The summed E-state index contributed by atoms with van der Waals surface area (Å²) in [6, 6.07) is 16.8. The summed E-state index contributed by atoms with van der Waals surface area (Å²) >= 11 is 0. The summed E-state index contributed by atoms with van der Waals surface area (Å²) in [5, 5.41) is 3.46. The Morgan fingerprint density at radius 2 is 1.88 bits per heavy atom. The minimum Gasteiger partial charge on any atom is -0.370 e. The fraction of sp³-hybridized carbons (Fsp3) is 0.462. The van der Waals surface area contributed by atoms with Crippen molar-refractivity contribution in [2.24, 2.45) is 4.99 Å². The quantitative estimate of drug-likeness (QED) is 0.325. The molecule has 1 atom stereocenters. The number of guanidine groups is 1. The fourth-order valence-electron chi connectivity index (χ4n) is 4.51. The van der Waals surface area contributed by atoms with Crippen molar-refractivity contribution in [2.75, 3.05) is 32.8 Å². The van der Waals surface area contributed by atoms with Gasteiger partial charge in [-0.05, 0) is 42.5 Å². The number of nitrogens with one attached hydrogen (secondary N) is 1. The van der Waals surface area contributed by atoms with Gasteiger partial charge in [0.15, 0.2) is 5.96 Å². The van der Waals surface area contributed by atoms with Gasteiger partial charge in [-0.1, -0.05) is 48.5 Å². The highest BCUT2D eigenvalue weighted by Crippen LogP contribution is 2.25. The smallest absolute Gasteiger partial charge is 0.222 e. The van der Waals surface area contributed by atoms with E-state index in [2.05, 4.69) is 66.5 Å². The van der Waals surface area contributed by atoms with Crippen molar-refractivity contribution in [3.05, 3.63) is 70.8 Å². The fourth-order valence-corrected chi connectivity index (χ4v) is 4.51. The van der Waals surface area contributed by atoms with Gasteiger partial charge in [-0.2, -0.15) is 0 Å². The van der Waals surface area contributed by atoms with Crippen molar-refractivity contribution in [1.29, 1.82) is 0 Å². The molecule has 0 radical (unpaired) electrons. The highest BCUT2D eigenvalue weighted by Gasteiger charge is 2.25. The number of carbonyl (C=O) groups is 1. The molecule has 6 nitrogen and oxygen atoms in total. The van der Waals surface area contributed by atoms with E-state index in [-0.39, 0.29) is 36.0 Å². The SMILES string of the molecule is CCNC(=NCc1ccccc1CN1CCCC1=O)N1CCOC(c2ccccc2C)C1.I. The van der Waals surface area contributed by atoms with Gasteiger partial charge >= 0.3 is 0 Å². The van der Waals surface area contributed by atoms with Crippen LogP contribution in [-0.4, -0.2) is 54.5 Å². The zero-order valence-corrected chi connectivity index (χ0v) is 22.0. The lowest BCUT2D eigenvalue weighted by Crippen LogP contribution is -2.48. The van der Waals surface area contributed by atoms with Crippen LogP contribution in [0.4, 0.5) is 0 Å². The van der Waals surface area contributed by atoms with Gasteiger partial charge in [0.25, 0.3) is 0 Å². The largest absolute Gasteiger partial charge is 0.370 e. The van der Waals surface area contributed by atoms with Crippen LogP contribution < -0.4 is 5.32 Å². The Morgan fingerprint density at radius 1 is 1.12 bits per heavy atom. The Labute approximate surface area is 214 Å². The van der Waals surface area contributed by atoms with Crippen molar-refractivity contribution in [3.63, 3.8) is 0 Å². The van der Waals surface area contributed by atoms with Crippen LogP contribution in [0.1, 0.15) is 48.1 Å². The van der Waals surface area contributed by atoms with Crippen molar-refractivity contribution in [3.8, 4) is 0 Å². The average molecular weight is 562 g/mol. The van der Waals surface area contributed by atoms with Gasteiger partial charge in [0.1, 0.15) is 6.10 Å². The molecule has 0 spiro atoms. The van der Waals surface area contributed by atoms with Gasteiger partial charge < -0.3 is 19.9 Å². The number of hydrogen-bond acceptors (Lipinski definition) is 3. The van der Waals surface area contributed by atoms with Crippen LogP contribution >= 0.6 is 24.0 Å². The molecule has 0 aromatic heterocycles. The predicted octanol–water partition coefficient (Wildman–Crippen LogP) is 4.27. The normalized spacial score (nSPS) is 18.9. The van der Waals surface area contributed by atoms with Crippen LogP contribution in [0.5, 0.6) is 0 Å². The molecular formula is C26H35IN4O2. The molecule has 0 aliphatic carbocycles. The van der Waals surface area contributed by atoms with Crippen molar-refractivity contribution in [2.45, 2.75) is 45.9 Å². The van der Waals surface area contributed by atoms with Gasteiger partial charge in [-0.15, -0.1) is 24.0 Å². The Morgan fingerprint density at radius 3 is 2.61 bits per heavy atom. The molecule has 2 aliphatic heterocycles. The number of aliphatic imine (C=N–C) groups is 1. The Kier molecular flexibility index (Phi) is 9.55. The average Bonchev–Trinajstić information content (AvgIpc) is 3.22. The Hall–Kier alpha value is -2.13. The number of halogens is 1. The number of morpholine rings is 1. The lowest BCUT2D eigenvalue weighted by Gasteiger charge is -2.36. The molecule has 2 fully saturated rings. The highest BCUT2D eigenvalue weighted by molar-refractivity contribution is 14.0. The number of aryl methyl sites for hydroxylation is 1. The molecule has 4 rings (SSSR count). The molecule has 7 heteroatoms. The summed E-state index contributed by atoms with van der Waals surface area (Å²) in [6.45, 7) is 9.44. The Balaban J connectivity index is 0.00000306. The maximum Gasteiger partial charge on any atom is 0.222 e. The third-order valence-corrected chi connectivity index (χ3v) is 6.29. The van der Waals surface area contributed by atoms with Crippen molar-refractivity contribution in [1.82, 2.24) is 15.1 Å². The summed E-state index contributed by atoms with van der Waals surface area (Å²) in [5.41, 5.74) is 4.86. The van der Waals surface area contributed by atoms with Gasteiger partial charge in [-0.3, -0.25) is 4.79 Å². The zero-order chi connectivity index (χ0) is 22.3. The molecule has 1 N–H and O–H groups in total. The van der Waals surface area contributed by atoms with E-state index >= 15 is 0 Å². The van der Waals surface area contributed by atoms with Crippen LogP contribution in [0.15, 0.2) is 53.5 Å². The molecule has 2 saturated heterocycles. The van der Waals surface area contributed by atoms with E-state index in [1.165, 1.54) is 22.3 Å². The first-order valence-electron chi connectivity index (χ1n) is 11.7. The van der Waals surface area contributed by atoms with E-state index in [0.717, 1.165) is 38.6 Å². The summed E-state index contributed by atoms with van der Waals surface area (Å²) < 4.78 is 6.11. The second-order valence-electron chi connectivity index (χ2n) is 8.52. The number of benzene rings is 2. The highest BCUT2D eigenvalue weighted by atomic mass is 127. The molecule has 2 aromatic carbocycles. The van der Waals surface area contributed by atoms with Gasteiger partial charge in [0, 0.05) is 32.6 Å². The number of ether oxygens (including phenoxy) is 1. The molecule has 1 amide bonds.